The van der Waals surface area contributed by atoms with Crippen LogP contribution in [0.1, 0.15) is 26.3 Å². The van der Waals surface area contributed by atoms with E-state index in [1.807, 2.05) is 54.6 Å². The third-order valence-corrected chi connectivity index (χ3v) is 5.38. The number of amides is 3. The summed E-state index contributed by atoms with van der Waals surface area (Å²) in [6.45, 7) is 0.0651. The molecule has 4 rings (SSSR count). The van der Waals surface area contributed by atoms with Crippen molar-refractivity contribution in [3.63, 3.8) is 0 Å². The fourth-order valence-corrected chi connectivity index (χ4v) is 3.61. The van der Waals surface area contributed by atoms with Gasteiger partial charge in [-0.3, -0.25) is 14.4 Å². The number of benzene rings is 4. The van der Waals surface area contributed by atoms with E-state index in [1.54, 1.807) is 43.4 Å². The van der Waals surface area contributed by atoms with Crippen LogP contribution in [0.15, 0.2) is 91.0 Å². The second-order valence-electron chi connectivity index (χ2n) is 7.86. The molecule has 0 radical (unpaired) electrons. The highest BCUT2D eigenvalue weighted by Crippen LogP contribution is 2.26. The first-order valence-corrected chi connectivity index (χ1v) is 11.1. The van der Waals surface area contributed by atoms with Crippen LogP contribution in [0.4, 0.5) is 5.69 Å². The van der Waals surface area contributed by atoms with Gasteiger partial charge in [-0.15, -0.1) is 0 Å². The molecule has 0 atom stereocenters. The molecule has 3 amide bonds. The molecule has 0 saturated heterocycles. The Balaban J connectivity index is 1.49. The lowest BCUT2D eigenvalue weighted by molar-refractivity contribution is -0.118. The molecule has 0 fully saturated rings. The van der Waals surface area contributed by atoms with Gasteiger partial charge in [0, 0.05) is 24.8 Å². The van der Waals surface area contributed by atoms with Gasteiger partial charge in [0.2, 0.25) is 0 Å². The van der Waals surface area contributed by atoms with Gasteiger partial charge in [-0.1, -0.05) is 60.7 Å². The molecule has 0 saturated carbocycles. The van der Waals surface area contributed by atoms with Crippen LogP contribution in [0, 0.1) is 0 Å². The molecule has 176 valence electrons. The van der Waals surface area contributed by atoms with Crippen LogP contribution >= 0.6 is 0 Å². The summed E-state index contributed by atoms with van der Waals surface area (Å²) in [5.41, 5.74) is 2.22. The fourth-order valence-electron chi connectivity index (χ4n) is 3.61. The van der Waals surface area contributed by atoms with Crippen molar-refractivity contribution in [2.75, 3.05) is 19.0 Å². The maximum absolute atomic E-state index is 13.0. The van der Waals surface area contributed by atoms with Gasteiger partial charge in [0.25, 0.3) is 17.7 Å². The Bertz CT molecular complexity index is 1370. The van der Waals surface area contributed by atoms with Gasteiger partial charge in [0.05, 0.1) is 5.56 Å². The number of carbonyl (C=O) groups is 3. The van der Waals surface area contributed by atoms with Gasteiger partial charge in [-0.2, -0.15) is 0 Å². The van der Waals surface area contributed by atoms with E-state index in [0.717, 1.165) is 16.3 Å². The molecular weight excluding hydrogens is 442 g/mol. The Morgan fingerprint density at radius 1 is 0.771 bits per heavy atom. The standard InChI is InChI=1S/C28H25N3O4/c1-29-27(33)22-12-7-13-23(14-22)31-26(32)18-35-25-16-21-11-6-5-10-20(21)15-24(25)28(34)30-17-19-8-3-2-4-9-19/h2-16H,17-18H2,1H3,(H,29,33)(H,30,34)(H,31,32). The zero-order valence-corrected chi connectivity index (χ0v) is 19.2. The largest absolute Gasteiger partial charge is 0.483 e. The highest BCUT2D eigenvalue weighted by molar-refractivity contribution is 6.02. The molecule has 35 heavy (non-hydrogen) atoms. The number of hydrogen-bond acceptors (Lipinski definition) is 4. The van der Waals surface area contributed by atoms with Crippen LogP contribution in [0.25, 0.3) is 10.8 Å². The smallest absolute Gasteiger partial charge is 0.262 e. The zero-order chi connectivity index (χ0) is 24.6. The molecule has 7 heteroatoms. The first-order chi connectivity index (χ1) is 17.0. The molecule has 0 aliphatic carbocycles. The van der Waals surface area contributed by atoms with Crippen LogP contribution in [0.2, 0.25) is 0 Å². The second kappa shape index (κ2) is 11.0. The minimum Gasteiger partial charge on any atom is -0.483 e. The van der Waals surface area contributed by atoms with E-state index in [9.17, 15) is 14.4 Å². The van der Waals surface area contributed by atoms with E-state index in [2.05, 4.69) is 16.0 Å². The lowest BCUT2D eigenvalue weighted by Gasteiger charge is -2.14. The monoisotopic (exact) mass is 467 g/mol. The van der Waals surface area contributed by atoms with E-state index in [-0.39, 0.29) is 18.4 Å². The normalized spacial score (nSPS) is 10.4. The Morgan fingerprint density at radius 2 is 1.49 bits per heavy atom. The van der Waals surface area contributed by atoms with Crippen molar-refractivity contribution in [3.8, 4) is 5.75 Å². The fraction of sp³-hybridized carbons (Fsp3) is 0.107. The highest BCUT2D eigenvalue weighted by atomic mass is 16.5. The average Bonchev–Trinajstić information content (AvgIpc) is 2.90. The number of ether oxygens (including phenoxy) is 1. The topological polar surface area (TPSA) is 96.5 Å². The highest BCUT2D eigenvalue weighted by Gasteiger charge is 2.16. The summed E-state index contributed by atoms with van der Waals surface area (Å²) in [4.78, 5) is 37.4. The van der Waals surface area contributed by atoms with Crippen LogP contribution in [-0.2, 0) is 11.3 Å². The summed E-state index contributed by atoms with van der Waals surface area (Å²) >= 11 is 0. The van der Waals surface area contributed by atoms with E-state index >= 15 is 0 Å². The lowest BCUT2D eigenvalue weighted by atomic mass is 10.1. The zero-order valence-electron chi connectivity index (χ0n) is 19.2. The van der Waals surface area contributed by atoms with Crippen molar-refractivity contribution in [1.82, 2.24) is 10.6 Å². The minimum atomic E-state index is -0.414. The maximum atomic E-state index is 13.0. The Kier molecular flexibility index (Phi) is 7.37. The maximum Gasteiger partial charge on any atom is 0.262 e. The first-order valence-electron chi connectivity index (χ1n) is 11.1. The molecule has 7 nitrogen and oxygen atoms in total. The number of nitrogens with one attached hydrogen (secondary N) is 3. The first kappa shape index (κ1) is 23.5. The van der Waals surface area contributed by atoms with Crippen molar-refractivity contribution < 1.29 is 19.1 Å². The van der Waals surface area contributed by atoms with Gasteiger partial charge in [0.15, 0.2) is 6.61 Å². The molecule has 0 aromatic heterocycles. The summed E-state index contributed by atoms with van der Waals surface area (Å²) in [6, 6.07) is 27.3. The average molecular weight is 468 g/mol. The number of fused-ring (bicyclic) bond motifs is 1. The van der Waals surface area contributed by atoms with E-state index in [0.29, 0.717) is 29.1 Å². The van der Waals surface area contributed by atoms with Gasteiger partial charge in [0.1, 0.15) is 5.75 Å². The lowest BCUT2D eigenvalue weighted by Crippen LogP contribution is -2.25. The predicted molar refractivity (Wildman–Crippen MR) is 136 cm³/mol. The quantitative estimate of drug-likeness (QED) is 0.363. The van der Waals surface area contributed by atoms with Crippen LogP contribution < -0.4 is 20.7 Å². The van der Waals surface area contributed by atoms with Crippen LogP contribution in [-0.4, -0.2) is 31.4 Å². The predicted octanol–water partition coefficient (Wildman–Crippen LogP) is 4.15. The minimum absolute atomic E-state index is 0.250. The molecule has 0 spiro atoms. The summed E-state index contributed by atoms with van der Waals surface area (Å²) in [7, 11) is 1.54. The van der Waals surface area contributed by atoms with Crippen molar-refractivity contribution in [1.29, 1.82) is 0 Å². The summed E-state index contributed by atoms with van der Waals surface area (Å²) in [6.07, 6.45) is 0. The number of anilines is 1. The van der Waals surface area contributed by atoms with Crippen molar-refractivity contribution in [2.24, 2.45) is 0 Å². The molecule has 0 aliphatic rings. The molecule has 0 heterocycles. The molecular formula is C28H25N3O4. The Morgan fingerprint density at radius 3 is 2.23 bits per heavy atom. The Hall–Kier alpha value is -4.65. The van der Waals surface area contributed by atoms with Gasteiger partial charge < -0.3 is 20.7 Å². The molecule has 4 aromatic rings. The van der Waals surface area contributed by atoms with Crippen LogP contribution in [0.5, 0.6) is 5.75 Å². The molecule has 3 N–H and O–H groups in total. The van der Waals surface area contributed by atoms with Gasteiger partial charge >= 0.3 is 0 Å². The van der Waals surface area contributed by atoms with Gasteiger partial charge in [-0.05, 0) is 46.7 Å². The van der Waals surface area contributed by atoms with E-state index in [4.69, 9.17) is 4.74 Å². The van der Waals surface area contributed by atoms with Gasteiger partial charge in [-0.25, -0.2) is 0 Å². The van der Waals surface area contributed by atoms with Crippen molar-refractivity contribution >= 4 is 34.2 Å². The third-order valence-electron chi connectivity index (χ3n) is 5.38. The molecule has 0 aliphatic heterocycles. The SMILES string of the molecule is CNC(=O)c1cccc(NC(=O)COc2cc3ccccc3cc2C(=O)NCc2ccccc2)c1. The number of hydrogen-bond donors (Lipinski definition) is 3. The summed E-state index contributed by atoms with van der Waals surface area (Å²) < 4.78 is 5.80. The van der Waals surface area contributed by atoms with Crippen molar-refractivity contribution in [3.05, 3.63) is 108 Å². The number of rotatable bonds is 8. The van der Waals surface area contributed by atoms with E-state index < -0.39 is 5.91 Å². The number of carbonyl (C=O) groups excluding carboxylic acids is 3. The van der Waals surface area contributed by atoms with E-state index in [1.165, 1.54) is 0 Å². The van der Waals surface area contributed by atoms with Crippen molar-refractivity contribution in [2.45, 2.75) is 6.54 Å². The molecule has 0 unspecified atom stereocenters. The molecule has 4 aromatic carbocycles. The summed E-state index contributed by atoms with van der Waals surface area (Å²) in [5, 5.41) is 9.96. The molecule has 0 bridgehead atoms. The summed E-state index contributed by atoms with van der Waals surface area (Å²) in [5.74, 6) is -0.653. The third kappa shape index (κ3) is 6.03. The Labute approximate surface area is 203 Å². The second-order valence-corrected chi connectivity index (χ2v) is 7.86. The van der Waals surface area contributed by atoms with Crippen LogP contribution in [0.3, 0.4) is 0 Å².